The molecule has 0 saturated heterocycles. The number of carbonyl (C=O) groups excluding carboxylic acids is 1. The molecule has 0 fully saturated rings. The van der Waals surface area contributed by atoms with Crippen LogP contribution in [0.3, 0.4) is 0 Å². The maximum Gasteiger partial charge on any atom is 0.263 e. The highest BCUT2D eigenvalue weighted by atomic mass is 35.5. The van der Waals surface area contributed by atoms with Crippen molar-refractivity contribution in [2.24, 2.45) is 0 Å². The van der Waals surface area contributed by atoms with Crippen molar-refractivity contribution in [1.82, 2.24) is 5.32 Å². The van der Waals surface area contributed by atoms with Crippen molar-refractivity contribution < 1.29 is 4.79 Å². The Bertz CT molecular complexity index is 583. The van der Waals surface area contributed by atoms with Crippen LogP contribution >= 0.6 is 34.7 Å². The standard InChI is InChI=1S/C12H13ClN2OS2/c1-17-5-4-15-12(16)11-10(14)8-3-2-7(13)6-9(8)18-11/h2-3,6H,4-5,14H2,1H3,(H,15,16). The molecular formula is C12H13ClN2OS2. The van der Waals surface area contributed by atoms with Gasteiger partial charge in [-0.1, -0.05) is 11.6 Å². The van der Waals surface area contributed by atoms with E-state index in [1.54, 1.807) is 17.8 Å². The number of thiophene rings is 1. The van der Waals surface area contributed by atoms with Gasteiger partial charge in [0.25, 0.3) is 5.91 Å². The van der Waals surface area contributed by atoms with Crippen LogP contribution in [0.2, 0.25) is 5.02 Å². The number of nitrogens with two attached hydrogens (primary N) is 1. The molecule has 1 aromatic heterocycles. The molecule has 0 saturated carbocycles. The summed E-state index contributed by atoms with van der Waals surface area (Å²) in [5.41, 5.74) is 6.53. The van der Waals surface area contributed by atoms with Crippen LogP contribution < -0.4 is 11.1 Å². The van der Waals surface area contributed by atoms with Gasteiger partial charge in [0.15, 0.2) is 0 Å². The van der Waals surface area contributed by atoms with Crippen molar-refractivity contribution in [2.45, 2.75) is 0 Å². The van der Waals surface area contributed by atoms with E-state index in [1.807, 2.05) is 18.4 Å². The molecule has 2 rings (SSSR count). The molecular weight excluding hydrogens is 288 g/mol. The summed E-state index contributed by atoms with van der Waals surface area (Å²) in [6.45, 7) is 0.647. The molecule has 0 aliphatic rings. The number of anilines is 1. The number of rotatable bonds is 4. The summed E-state index contributed by atoms with van der Waals surface area (Å²) in [4.78, 5) is 12.5. The summed E-state index contributed by atoms with van der Waals surface area (Å²) in [6, 6.07) is 5.46. The van der Waals surface area contributed by atoms with Crippen LogP contribution in [0.15, 0.2) is 18.2 Å². The van der Waals surface area contributed by atoms with Gasteiger partial charge in [-0.05, 0) is 24.5 Å². The van der Waals surface area contributed by atoms with Crippen LogP contribution in [0, 0.1) is 0 Å². The molecule has 18 heavy (non-hydrogen) atoms. The fourth-order valence-electron chi connectivity index (χ4n) is 1.61. The van der Waals surface area contributed by atoms with Crippen molar-refractivity contribution in [3.8, 4) is 0 Å². The largest absolute Gasteiger partial charge is 0.397 e. The van der Waals surface area contributed by atoms with Gasteiger partial charge in [0.2, 0.25) is 0 Å². The number of benzene rings is 1. The van der Waals surface area contributed by atoms with E-state index < -0.39 is 0 Å². The Morgan fingerprint density at radius 2 is 2.33 bits per heavy atom. The summed E-state index contributed by atoms with van der Waals surface area (Å²) in [5.74, 6) is 0.779. The normalized spacial score (nSPS) is 10.8. The van der Waals surface area contributed by atoms with Gasteiger partial charge in [0.05, 0.1) is 5.69 Å². The number of halogens is 1. The molecule has 1 amide bonds. The van der Waals surface area contributed by atoms with E-state index in [9.17, 15) is 4.79 Å². The van der Waals surface area contributed by atoms with Crippen molar-refractivity contribution in [3.05, 3.63) is 28.1 Å². The van der Waals surface area contributed by atoms with Gasteiger partial charge in [-0.3, -0.25) is 4.79 Å². The highest BCUT2D eigenvalue weighted by Crippen LogP contribution is 2.35. The first-order chi connectivity index (χ1) is 8.63. The van der Waals surface area contributed by atoms with Gasteiger partial charge in [-0.15, -0.1) is 11.3 Å². The summed E-state index contributed by atoms with van der Waals surface area (Å²) in [6.07, 6.45) is 2.00. The smallest absolute Gasteiger partial charge is 0.263 e. The van der Waals surface area contributed by atoms with Gasteiger partial charge < -0.3 is 11.1 Å². The Hall–Kier alpha value is -0.910. The SMILES string of the molecule is CSCCNC(=O)c1sc2cc(Cl)ccc2c1N. The van der Waals surface area contributed by atoms with E-state index in [2.05, 4.69) is 5.32 Å². The zero-order chi connectivity index (χ0) is 13.1. The fourth-order valence-corrected chi connectivity index (χ4v) is 3.23. The van der Waals surface area contributed by atoms with Gasteiger partial charge in [-0.2, -0.15) is 11.8 Å². The molecule has 96 valence electrons. The number of hydrogen-bond donors (Lipinski definition) is 2. The lowest BCUT2D eigenvalue weighted by Gasteiger charge is -2.02. The molecule has 0 bridgehead atoms. The first kappa shape index (κ1) is 13.5. The summed E-state index contributed by atoms with van der Waals surface area (Å²) in [7, 11) is 0. The van der Waals surface area contributed by atoms with E-state index in [0.717, 1.165) is 15.8 Å². The third kappa shape index (κ3) is 2.74. The van der Waals surface area contributed by atoms with E-state index >= 15 is 0 Å². The second-order valence-corrected chi connectivity index (χ2v) is 6.21. The zero-order valence-corrected chi connectivity index (χ0v) is 12.2. The summed E-state index contributed by atoms with van der Waals surface area (Å²) in [5, 5.41) is 4.39. The van der Waals surface area contributed by atoms with E-state index in [4.69, 9.17) is 17.3 Å². The number of thioether (sulfide) groups is 1. The van der Waals surface area contributed by atoms with Crippen LogP contribution in [0.5, 0.6) is 0 Å². The molecule has 0 radical (unpaired) electrons. The number of hydrogen-bond acceptors (Lipinski definition) is 4. The van der Waals surface area contributed by atoms with E-state index in [0.29, 0.717) is 22.1 Å². The van der Waals surface area contributed by atoms with E-state index in [-0.39, 0.29) is 5.91 Å². The van der Waals surface area contributed by atoms with Crippen molar-refractivity contribution in [3.63, 3.8) is 0 Å². The number of fused-ring (bicyclic) bond motifs is 1. The molecule has 0 unspecified atom stereocenters. The summed E-state index contributed by atoms with van der Waals surface area (Å²) < 4.78 is 0.940. The highest BCUT2D eigenvalue weighted by Gasteiger charge is 2.15. The second-order valence-electron chi connectivity index (χ2n) is 3.73. The molecule has 0 aliphatic carbocycles. The van der Waals surface area contributed by atoms with Crippen LogP contribution in [0.1, 0.15) is 9.67 Å². The quantitative estimate of drug-likeness (QED) is 0.852. The molecule has 0 spiro atoms. The van der Waals surface area contributed by atoms with Crippen LogP contribution in [-0.4, -0.2) is 24.5 Å². The Balaban J connectivity index is 2.28. The fraction of sp³-hybridized carbons (Fsp3) is 0.250. The lowest BCUT2D eigenvalue weighted by Crippen LogP contribution is -2.25. The third-order valence-corrected chi connectivity index (χ3v) is 4.50. The van der Waals surface area contributed by atoms with Crippen molar-refractivity contribution >= 4 is 56.4 Å². The minimum absolute atomic E-state index is 0.112. The molecule has 3 N–H and O–H groups in total. The second kappa shape index (κ2) is 5.82. The average molecular weight is 301 g/mol. The minimum atomic E-state index is -0.112. The minimum Gasteiger partial charge on any atom is -0.397 e. The highest BCUT2D eigenvalue weighted by molar-refractivity contribution is 7.98. The Labute approximate surface area is 119 Å². The number of nitrogens with one attached hydrogen (secondary N) is 1. The molecule has 0 atom stereocenters. The number of amides is 1. The maximum atomic E-state index is 12.0. The van der Waals surface area contributed by atoms with Gasteiger partial charge in [0, 0.05) is 27.4 Å². The molecule has 6 heteroatoms. The monoisotopic (exact) mass is 300 g/mol. The lowest BCUT2D eigenvalue weighted by molar-refractivity contribution is 0.0961. The third-order valence-electron chi connectivity index (χ3n) is 2.49. The number of nitrogen functional groups attached to an aromatic ring is 1. The topological polar surface area (TPSA) is 55.1 Å². The molecule has 0 aliphatic heterocycles. The molecule has 2 aromatic rings. The Morgan fingerprint density at radius 3 is 3.06 bits per heavy atom. The van der Waals surface area contributed by atoms with Gasteiger partial charge >= 0.3 is 0 Å². The maximum absolute atomic E-state index is 12.0. The molecule has 3 nitrogen and oxygen atoms in total. The van der Waals surface area contributed by atoms with Gasteiger partial charge in [0.1, 0.15) is 4.88 Å². The predicted molar refractivity (Wildman–Crippen MR) is 82.0 cm³/mol. The first-order valence-electron chi connectivity index (χ1n) is 5.38. The summed E-state index contributed by atoms with van der Waals surface area (Å²) >= 11 is 8.99. The molecule has 1 aromatic carbocycles. The average Bonchev–Trinajstić information content (AvgIpc) is 2.66. The lowest BCUT2D eigenvalue weighted by atomic mass is 10.2. The van der Waals surface area contributed by atoms with E-state index in [1.165, 1.54) is 11.3 Å². The zero-order valence-electron chi connectivity index (χ0n) is 9.83. The number of carbonyl (C=O) groups is 1. The van der Waals surface area contributed by atoms with Crippen molar-refractivity contribution in [2.75, 3.05) is 24.3 Å². The Kier molecular flexibility index (Phi) is 4.37. The Morgan fingerprint density at radius 1 is 1.56 bits per heavy atom. The first-order valence-corrected chi connectivity index (χ1v) is 7.97. The van der Waals surface area contributed by atoms with Gasteiger partial charge in [-0.25, -0.2) is 0 Å². The van der Waals surface area contributed by atoms with Crippen molar-refractivity contribution in [1.29, 1.82) is 0 Å². The van der Waals surface area contributed by atoms with Crippen LogP contribution in [0.4, 0.5) is 5.69 Å². The molecule has 1 heterocycles. The van der Waals surface area contributed by atoms with Crippen LogP contribution in [-0.2, 0) is 0 Å². The predicted octanol–water partition coefficient (Wildman–Crippen LogP) is 3.23. The van der Waals surface area contributed by atoms with Crippen LogP contribution in [0.25, 0.3) is 10.1 Å².